The van der Waals surface area contributed by atoms with Crippen LogP contribution in [0.4, 0.5) is 5.69 Å². The lowest BCUT2D eigenvalue weighted by molar-refractivity contribution is 0.0378. The maximum Gasteiger partial charge on any atom is 0.342 e. The van der Waals surface area contributed by atoms with Crippen molar-refractivity contribution in [1.82, 2.24) is 0 Å². The Balaban J connectivity index is 1.99. The van der Waals surface area contributed by atoms with E-state index in [1.807, 2.05) is 0 Å². The molecule has 0 aliphatic carbocycles. The van der Waals surface area contributed by atoms with Crippen molar-refractivity contribution in [2.75, 3.05) is 4.72 Å². The second kappa shape index (κ2) is 7.36. The number of benzene rings is 2. The molecule has 8 heteroatoms. The molecule has 0 aliphatic heterocycles. The van der Waals surface area contributed by atoms with Crippen LogP contribution in [0, 0.1) is 6.92 Å². The molecule has 0 bridgehead atoms. The van der Waals surface area contributed by atoms with Crippen molar-refractivity contribution in [2.24, 2.45) is 0 Å². The van der Waals surface area contributed by atoms with E-state index in [1.54, 1.807) is 51.1 Å². The van der Waals surface area contributed by atoms with Crippen LogP contribution >= 0.6 is 15.9 Å². The molecule has 0 radical (unpaired) electrons. The second-order valence-electron chi connectivity index (χ2n) is 6.26. The lowest BCUT2D eigenvalue weighted by Gasteiger charge is -2.09. The van der Waals surface area contributed by atoms with Crippen molar-refractivity contribution in [3.05, 3.63) is 58.3 Å². The first-order chi connectivity index (χ1) is 12.7. The number of rotatable bonds is 5. The minimum atomic E-state index is -3.76. The molecule has 0 amide bonds. The first-order valence-corrected chi connectivity index (χ1v) is 10.5. The number of fused-ring (bicyclic) bond motifs is 1. The summed E-state index contributed by atoms with van der Waals surface area (Å²) in [7, 11) is -3.76. The predicted molar refractivity (Wildman–Crippen MR) is 106 cm³/mol. The molecule has 27 heavy (non-hydrogen) atoms. The number of hydrogen-bond donors (Lipinski definition) is 1. The highest BCUT2D eigenvalue weighted by Gasteiger charge is 2.22. The van der Waals surface area contributed by atoms with Gasteiger partial charge in [-0.05, 0) is 63.2 Å². The van der Waals surface area contributed by atoms with E-state index in [0.717, 1.165) is 4.47 Å². The van der Waals surface area contributed by atoms with Crippen molar-refractivity contribution in [3.8, 4) is 0 Å². The highest BCUT2D eigenvalue weighted by molar-refractivity contribution is 9.10. The van der Waals surface area contributed by atoms with Crippen molar-refractivity contribution in [2.45, 2.75) is 31.8 Å². The van der Waals surface area contributed by atoms with Crippen LogP contribution in [0.3, 0.4) is 0 Å². The number of sulfonamides is 1. The molecule has 3 rings (SSSR count). The van der Waals surface area contributed by atoms with E-state index in [0.29, 0.717) is 28.0 Å². The number of furan rings is 1. The monoisotopic (exact) mass is 451 g/mol. The summed E-state index contributed by atoms with van der Waals surface area (Å²) in [4.78, 5) is 12.5. The summed E-state index contributed by atoms with van der Waals surface area (Å²) in [5.41, 5.74) is 1.10. The summed E-state index contributed by atoms with van der Waals surface area (Å²) in [5.74, 6) is -0.0854. The molecule has 0 spiro atoms. The zero-order valence-electron chi connectivity index (χ0n) is 14.9. The molecule has 3 aromatic rings. The molecule has 0 saturated heterocycles. The van der Waals surface area contributed by atoms with E-state index >= 15 is 0 Å². The average molecular weight is 452 g/mol. The molecule has 2 aromatic carbocycles. The quantitative estimate of drug-likeness (QED) is 0.559. The van der Waals surface area contributed by atoms with Crippen LogP contribution < -0.4 is 4.72 Å². The van der Waals surface area contributed by atoms with Gasteiger partial charge < -0.3 is 9.15 Å². The van der Waals surface area contributed by atoms with Crippen molar-refractivity contribution >= 4 is 48.6 Å². The number of nitrogens with one attached hydrogen (secondary N) is 1. The van der Waals surface area contributed by atoms with Gasteiger partial charge in [0, 0.05) is 15.5 Å². The molecule has 0 atom stereocenters. The largest absolute Gasteiger partial charge is 0.460 e. The van der Waals surface area contributed by atoms with E-state index in [-0.39, 0.29) is 11.0 Å². The normalized spacial score (nSPS) is 11.7. The SMILES string of the molecule is Cc1oc2ccc(NS(=O)(=O)c3ccc(Br)cc3)cc2c1C(=O)OC(C)C. The number of halogens is 1. The molecular weight excluding hydrogens is 434 g/mol. The number of esters is 1. The highest BCUT2D eigenvalue weighted by atomic mass is 79.9. The number of hydrogen-bond acceptors (Lipinski definition) is 5. The van der Waals surface area contributed by atoms with E-state index in [9.17, 15) is 13.2 Å². The lowest BCUT2D eigenvalue weighted by Crippen LogP contribution is -2.13. The Bertz CT molecular complexity index is 1100. The molecular formula is C19H18BrNO5S. The Morgan fingerprint density at radius 3 is 2.44 bits per heavy atom. The van der Waals surface area contributed by atoms with E-state index in [1.165, 1.54) is 12.1 Å². The van der Waals surface area contributed by atoms with Gasteiger partial charge in [0.2, 0.25) is 0 Å². The van der Waals surface area contributed by atoms with Crippen molar-refractivity contribution < 1.29 is 22.4 Å². The smallest absolute Gasteiger partial charge is 0.342 e. The Hall–Kier alpha value is -2.32. The number of anilines is 1. The summed E-state index contributed by atoms with van der Waals surface area (Å²) >= 11 is 3.28. The van der Waals surface area contributed by atoms with Crippen molar-refractivity contribution in [3.63, 3.8) is 0 Å². The Kier molecular flexibility index (Phi) is 5.30. The minimum absolute atomic E-state index is 0.133. The maximum atomic E-state index is 12.6. The van der Waals surface area contributed by atoms with Crippen LogP contribution in [0.25, 0.3) is 11.0 Å². The third-order valence-corrected chi connectivity index (χ3v) is 5.71. The first kappa shape index (κ1) is 19.4. The van der Waals surface area contributed by atoms with Crippen LogP contribution in [0.1, 0.15) is 30.0 Å². The van der Waals surface area contributed by atoms with Crippen LogP contribution in [0.2, 0.25) is 0 Å². The predicted octanol–water partition coefficient (Wildman–Crippen LogP) is 4.87. The fourth-order valence-electron chi connectivity index (χ4n) is 2.64. The number of ether oxygens (including phenoxy) is 1. The third-order valence-electron chi connectivity index (χ3n) is 3.79. The molecule has 142 valence electrons. The summed E-state index contributed by atoms with van der Waals surface area (Å²) in [6.45, 7) is 5.18. The average Bonchev–Trinajstić information content (AvgIpc) is 2.89. The molecule has 1 N–H and O–H groups in total. The lowest BCUT2D eigenvalue weighted by atomic mass is 10.1. The van der Waals surface area contributed by atoms with Crippen LogP contribution in [0.15, 0.2) is 56.2 Å². The molecule has 0 fully saturated rings. The molecule has 0 unspecified atom stereocenters. The summed E-state index contributed by atoms with van der Waals surface area (Å²) in [6, 6.07) is 11.1. The Morgan fingerprint density at radius 1 is 1.15 bits per heavy atom. The van der Waals surface area contributed by atoms with Gasteiger partial charge in [0.05, 0.1) is 11.0 Å². The third kappa shape index (κ3) is 4.17. The summed E-state index contributed by atoms with van der Waals surface area (Å²) < 4.78 is 39.3. The second-order valence-corrected chi connectivity index (χ2v) is 8.86. The fraction of sp³-hybridized carbons (Fsp3) is 0.211. The number of carbonyl (C=O) groups is 1. The molecule has 1 heterocycles. The van der Waals surface area contributed by atoms with Gasteiger partial charge in [0.25, 0.3) is 10.0 Å². The van der Waals surface area contributed by atoms with Gasteiger partial charge in [0.1, 0.15) is 16.9 Å². The van der Waals surface area contributed by atoms with Crippen LogP contribution in [0.5, 0.6) is 0 Å². The summed E-state index contributed by atoms with van der Waals surface area (Å²) in [6.07, 6.45) is -0.277. The zero-order chi connectivity index (χ0) is 19.8. The number of carbonyl (C=O) groups excluding carboxylic acids is 1. The van der Waals surface area contributed by atoms with Gasteiger partial charge in [-0.1, -0.05) is 15.9 Å². The van der Waals surface area contributed by atoms with Gasteiger partial charge in [-0.2, -0.15) is 0 Å². The molecule has 0 aliphatic rings. The van der Waals surface area contributed by atoms with Gasteiger partial charge >= 0.3 is 5.97 Å². The fourth-order valence-corrected chi connectivity index (χ4v) is 3.95. The first-order valence-electron chi connectivity index (χ1n) is 8.20. The highest BCUT2D eigenvalue weighted by Crippen LogP contribution is 2.30. The zero-order valence-corrected chi connectivity index (χ0v) is 17.3. The van der Waals surface area contributed by atoms with E-state index in [2.05, 4.69) is 20.7 Å². The van der Waals surface area contributed by atoms with Crippen LogP contribution in [-0.4, -0.2) is 20.5 Å². The Labute approximate surface area is 165 Å². The maximum absolute atomic E-state index is 12.6. The van der Waals surface area contributed by atoms with E-state index in [4.69, 9.17) is 9.15 Å². The minimum Gasteiger partial charge on any atom is -0.460 e. The molecule has 0 saturated carbocycles. The molecule has 6 nitrogen and oxygen atoms in total. The topological polar surface area (TPSA) is 85.6 Å². The number of aryl methyl sites for hydroxylation is 1. The summed E-state index contributed by atoms with van der Waals surface area (Å²) in [5, 5.41) is 0.495. The van der Waals surface area contributed by atoms with Gasteiger partial charge in [-0.3, -0.25) is 4.72 Å². The molecule has 1 aromatic heterocycles. The van der Waals surface area contributed by atoms with E-state index < -0.39 is 16.0 Å². The van der Waals surface area contributed by atoms with Gasteiger partial charge in [-0.25, -0.2) is 13.2 Å². The van der Waals surface area contributed by atoms with Crippen molar-refractivity contribution in [1.29, 1.82) is 0 Å². The Morgan fingerprint density at radius 2 is 1.81 bits per heavy atom. The van der Waals surface area contributed by atoms with Gasteiger partial charge in [-0.15, -0.1) is 0 Å². The van der Waals surface area contributed by atoms with Crippen LogP contribution in [-0.2, 0) is 14.8 Å². The standard InChI is InChI=1S/C19H18BrNO5S/c1-11(2)25-19(22)18-12(3)26-17-9-6-14(10-16(17)18)21-27(23,24)15-7-4-13(20)5-8-15/h4-11,21H,1-3H3. The van der Waals surface area contributed by atoms with Gasteiger partial charge in [0.15, 0.2) is 0 Å².